The highest BCUT2D eigenvalue weighted by molar-refractivity contribution is 5.88. The molecule has 0 amide bonds. The molecule has 4 aromatic carbocycles. The van der Waals surface area contributed by atoms with Gasteiger partial charge in [0.05, 0.1) is 0 Å². The number of benzene rings is 4. The maximum atomic E-state index is 14.8. The largest absolute Gasteiger partial charge is 0.527 e. The van der Waals surface area contributed by atoms with Gasteiger partial charge in [0.15, 0.2) is 0 Å². The third-order valence-electron chi connectivity index (χ3n) is 5.91. The van der Waals surface area contributed by atoms with E-state index in [1.54, 1.807) is 18.2 Å². The van der Waals surface area contributed by atoms with E-state index in [0.29, 0.717) is 17.5 Å². The molecule has 0 aliphatic heterocycles. The summed E-state index contributed by atoms with van der Waals surface area (Å²) in [4.78, 5) is 0. The van der Waals surface area contributed by atoms with Crippen LogP contribution in [0.5, 0.6) is 5.75 Å². The van der Waals surface area contributed by atoms with Gasteiger partial charge in [-0.2, -0.15) is 17.6 Å². The smallest absolute Gasteiger partial charge is 0.429 e. The molecule has 2 nitrogen and oxygen atoms in total. The van der Waals surface area contributed by atoms with Crippen LogP contribution in [0.1, 0.15) is 30.0 Å². The first-order valence-electron chi connectivity index (χ1n) is 11.7. The molecule has 0 aliphatic rings. The minimum atomic E-state index is -6.02. The molecule has 0 N–H and O–H groups in total. The number of hydrogen-bond acceptors (Lipinski definition) is 2. The highest BCUT2D eigenvalue weighted by Gasteiger charge is 2.50. The predicted octanol–water partition coefficient (Wildman–Crippen LogP) is 9.73. The molecule has 41 heavy (non-hydrogen) atoms. The van der Waals surface area contributed by atoms with E-state index < -0.39 is 58.7 Å². The van der Waals surface area contributed by atoms with E-state index in [4.69, 9.17) is 0 Å². The van der Waals surface area contributed by atoms with E-state index in [-0.39, 0.29) is 23.3 Å². The minimum Gasteiger partial charge on any atom is -0.429 e. The predicted molar refractivity (Wildman–Crippen MR) is 125 cm³/mol. The second-order valence-electron chi connectivity index (χ2n) is 8.91. The lowest BCUT2D eigenvalue weighted by Crippen LogP contribution is -2.30. The van der Waals surface area contributed by atoms with Crippen LogP contribution < -0.4 is 4.74 Å². The average Bonchev–Trinajstić information content (AvgIpc) is 2.80. The van der Waals surface area contributed by atoms with Gasteiger partial charge in [0.1, 0.15) is 40.1 Å². The molecular formula is C28H17F11O2. The monoisotopic (exact) mass is 594 g/mol. The zero-order chi connectivity index (χ0) is 30.3. The average molecular weight is 594 g/mol. The summed E-state index contributed by atoms with van der Waals surface area (Å²) in [5, 5.41) is 1.55. The summed E-state index contributed by atoms with van der Waals surface area (Å²) in [5.41, 5.74) is -3.30. The lowest BCUT2D eigenvalue weighted by molar-refractivity contribution is -0.432. The Morgan fingerprint density at radius 3 is 1.66 bits per heavy atom. The van der Waals surface area contributed by atoms with Crippen molar-refractivity contribution in [1.29, 1.82) is 0 Å². The van der Waals surface area contributed by atoms with Gasteiger partial charge < -0.3 is 4.74 Å². The molecule has 218 valence electrons. The minimum absolute atomic E-state index is 0.132. The second kappa shape index (κ2) is 10.8. The molecular weight excluding hydrogens is 577 g/mol. The Morgan fingerprint density at radius 1 is 0.585 bits per heavy atom. The van der Waals surface area contributed by atoms with E-state index >= 15 is 0 Å². The number of halogens is 11. The molecule has 0 aliphatic carbocycles. The summed E-state index contributed by atoms with van der Waals surface area (Å²) < 4.78 is 157. The Bertz CT molecular complexity index is 1550. The number of rotatable bonds is 8. The van der Waals surface area contributed by atoms with Crippen molar-refractivity contribution in [3.63, 3.8) is 0 Å². The molecule has 4 aromatic rings. The molecule has 0 saturated carbocycles. The first kappa shape index (κ1) is 30.1. The molecule has 0 bridgehead atoms. The number of aryl methyl sites for hydroxylation is 1. The number of alkyl halides is 7. The van der Waals surface area contributed by atoms with E-state index in [1.165, 1.54) is 6.07 Å². The lowest BCUT2D eigenvalue weighted by atomic mass is 9.97. The molecule has 0 spiro atoms. The fourth-order valence-corrected chi connectivity index (χ4v) is 4.22. The van der Waals surface area contributed by atoms with Crippen molar-refractivity contribution in [2.45, 2.75) is 38.3 Å². The van der Waals surface area contributed by atoms with Gasteiger partial charge in [-0.25, -0.2) is 22.3 Å². The zero-order valence-electron chi connectivity index (χ0n) is 20.7. The van der Waals surface area contributed by atoms with E-state index in [2.05, 4.69) is 9.47 Å². The first-order chi connectivity index (χ1) is 19.0. The van der Waals surface area contributed by atoms with E-state index in [1.807, 2.05) is 19.1 Å². The van der Waals surface area contributed by atoms with Gasteiger partial charge in [-0.1, -0.05) is 43.7 Å². The first-order valence-corrected chi connectivity index (χ1v) is 11.7. The maximum absolute atomic E-state index is 14.8. The van der Waals surface area contributed by atoms with Gasteiger partial charge in [0.2, 0.25) is 0 Å². The molecule has 0 heterocycles. The molecule has 0 fully saturated rings. The Kier molecular flexibility index (Phi) is 7.96. The summed E-state index contributed by atoms with van der Waals surface area (Å²) in [7, 11) is 0. The quantitative estimate of drug-likeness (QED) is 0.189. The number of fused-ring (bicyclic) bond motifs is 1. The summed E-state index contributed by atoms with van der Waals surface area (Å²) in [5.74, 6) is -10.1. The molecule has 13 heteroatoms. The fraction of sp³-hybridized carbons (Fsp3) is 0.214. The van der Waals surface area contributed by atoms with Crippen LogP contribution in [0.3, 0.4) is 0 Å². The molecule has 0 saturated heterocycles. The summed E-state index contributed by atoms with van der Waals surface area (Å²) in [6.07, 6.45) is -14.8. The van der Waals surface area contributed by atoms with Crippen molar-refractivity contribution in [3.8, 4) is 16.9 Å². The fourth-order valence-electron chi connectivity index (χ4n) is 4.22. The maximum Gasteiger partial charge on any atom is 0.527 e. The summed E-state index contributed by atoms with van der Waals surface area (Å²) >= 11 is 0. The second-order valence-corrected chi connectivity index (χ2v) is 8.91. The van der Waals surface area contributed by atoms with Gasteiger partial charge in [-0.15, -0.1) is 13.2 Å². The van der Waals surface area contributed by atoms with Crippen LogP contribution in [0, 0.1) is 23.3 Å². The van der Waals surface area contributed by atoms with Gasteiger partial charge in [-0.3, -0.25) is 0 Å². The highest BCUT2D eigenvalue weighted by atomic mass is 19.4. The van der Waals surface area contributed by atoms with Crippen LogP contribution in [0.15, 0.2) is 60.7 Å². The topological polar surface area (TPSA) is 18.5 Å². The molecule has 0 radical (unpaired) electrons. The van der Waals surface area contributed by atoms with Crippen molar-refractivity contribution < 1.29 is 57.8 Å². The summed E-state index contributed by atoms with van der Waals surface area (Å²) in [6, 6.07) is 10.9. The van der Waals surface area contributed by atoms with Crippen molar-refractivity contribution in [2.75, 3.05) is 0 Å². The molecule has 0 unspecified atom stereocenters. The number of hydrogen-bond donors (Lipinski definition) is 0. The van der Waals surface area contributed by atoms with E-state index in [9.17, 15) is 48.3 Å². The van der Waals surface area contributed by atoms with Crippen LogP contribution in [0.4, 0.5) is 48.3 Å². The van der Waals surface area contributed by atoms with Crippen molar-refractivity contribution in [3.05, 3.63) is 101 Å². The van der Waals surface area contributed by atoms with Crippen molar-refractivity contribution in [1.82, 2.24) is 0 Å². The van der Waals surface area contributed by atoms with Gasteiger partial charge >= 0.3 is 18.6 Å². The lowest BCUT2D eigenvalue weighted by Gasteiger charge is -2.22. The molecule has 4 rings (SSSR count). The molecule has 0 aromatic heterocycles. The third kappa shape index (κ3) is 6.55. The number of ether oxygens (including phenoxy) is 2. The third-order valence-corrected chi connectivity index (χ3v) is 5.91. The Labute approximate surface area is 224 Å². The van der Waals surface area contributed by atoms with E-state index in [0.717, 1.165) is 23.8 Å². The Hall–Kier alpha value is -3.87. The van der Waals surface area contributed by atoms with Crippen LogP contribution in [0.25, 0.3) is 21.9 Å². The van der Waals surface area contributed by atoms with Gasteiger partial charge in [0.25, 0.3) is 0 Å². The van der Waals surface area contributed by atoms with Gasteiger partial charge in [0, 0.05) is 12.1 Å². The molecule has 0 atom stereocenters. The van der Waals surface area contributed by atoms with Crippen LogP contribution >= 0.6 is 0 Å². The Balaban J connectivity index is 1.64. The highest BCUT2D eigenvalue weighted by Crippen LogP contribution is 2.42. The SMILES string of the molecule is CCCc1ccc2cc(-c3cc(F)c(C(F)(F)Oc4cc(F)c(C(F)(F)OC(F)(F)F)c(F)c4)c(F)c3)ccc2c1. The van der Waals surface area contributed by atoms with Crippen LogP contribution in [0.2, 0.25) is 0 Å². The standard InChI is InChI=1S/C28H17F11O2/c1-2-3-14-4-5-16-9-17(7-6-15(16)8-14)18-10-20(29)24(21(30)11-18)26(33,34)40-19-12-22(31)25(23(32)13-19)27(35,36)41-28(37,38)39/h4-13H,2-3H2,1H3. The van der Waals surface area contributed by atoms with Crippen LogP contribution in [-0.2, 0) is 23.4 Å². The Morgan fingerprint density at radius 2 is 1.10 bits per heavy atom. The van der Waals surface area contributed by atoms with Crippen LogP contribution in [-0.4, -0.2) is 6.36 Å². The van der Waals surface area contributed by atoms with Gasteiger partial charge in [-0.05, 0) is 52.1 Å². The van der Waals surface area contributed by atoms with Crippen molar-refractivity contribution in [2.24, 2.45) is 0 Å². The summed E-state index contributed by atoms with van der Waals surface area (Å²) in [6.45, 7) is 2.01. The van der Waals surface area contributed by atoms with Crippen molar-refractivity contribution >= 4 is 10.8 Å². The zero-order valence-corrected chi connectivity index (χ0v) is 20.7. The normalized spacial score (nSPS) is 12.7.